The van der Waals surface area contributed by atoms with Crippen LogP contribution in [-0.2, 0) is 6.42 Å². The fourth-order valence-electron chi connectivity index (χ4n) is 1.04. The van der Waals surface area contributed by atoms with Gasteiger partial charge in [-0.25, -0.2) is 8.78 Å². The van der Waals surface area contributed by atoms with Gasteiger partial charge in [-0.1, -0.05) is 15.9 Å². The summed E-state index contributed by atoms with van der Waals surface area (Å²) in [5.41, 5.74) is 0.564. The Hall–Kier alpha value is -0.480. The van der Waals surface area contributed by atoms with Gasteiger partial charge in [-0.05, 0) is 31.0 Å². The number of hydrogen-bond acceptors (Lipinski definition) is 1. The van der Waals surface area contributed by atoms with Crippen LogP contribution in [0.25, 0.3) is 0 Å². The molecule has 13 heavy (non-hydrogen) atoms. The molecule has 0 aliphatic heterocycles. The number of aliphatic hydroxyl groups is 1. The maximum atomic E-state index is 12.7. The van der Waals surface area contributed by atoms with E-state index in [1.807, 2.05) is 0 Å². The van der Waals surface area contributed by atoms with Crippen LogP contribution in [0.5, 0.6) is 0 Å². The van der Waals surface area contributed by atoms with Crippen LogP contribution in [0.4, 0.5) is 8.78 Å². The van der Waals surface area contributed by atoms with Gasteiger partial charge in [0.25, 0.3) is 0 Å². The van der Waals surface area contributed by atoms with Gasteiger partial charge in [0.15, 0.2) is 11.6 Å². The Balaban J connectivity index is 3.01. The Morgan fingerprint density at radius 1 is 1.38 bits per heavy atom. The molecule has 0 saturated carbocycles. The molecule has 1 aromatic rings. The maximum absolute atomic E-state index is 12.7. The highest BCUT2D eigenvalue weighted by Crippen LogP contribution is 2.21. The summed E-state index contributed by atoms with van der Waals surface area (Å²) in [4.78, 5) is 0. The summed E-state index contributed by atoms with van der Waals surface area (Å²) in [6.07, 6.45) is -0.265. The molecular formula is C9H9BrF2O. The third-order valence-electron chi connectivity index (χ3n) is 1.60. The van der Waals surface area contributed by atoms with Crippen molar-refractivity contribution >= 4 is 15.9 Å². The Bertz CT molecular complexity index is 313. The highest BCUT2D eigenvalue weighted by molar-refractivity contribution is 9.10. The molecule has 72 valence electrons. The Morgan fingerprint density at radius 3 is 2.46 bits per heavy atom. The van der Waals surface area contributed by atoms with Crippen LogP contribution in [-0.4, -0.2) is 11.2 Å². The normalized spacial score (nSPS) is 13.0. The molecule has 0 aromatic heterocycles. The van der Waals surface area contributed by atoms with E-state index in [9.17, 15) is 8.78 Å². The van der Waals surface area contributed by atoms with Gasteiger partial charge in [0.1, 0.15) is 0 Å². The Kier molecular flexibility index (Phi) is 3.39. The van der Waals surface area contributed by atoms with E-state index in [0.717, 1.165) is 12.1 Å². The quantitative estimate of drug-likeness (QED) is 0.801. The maximum Gasteiger partial charge on any atom is 0.159 e. The average Bonchev–Trinajstić information content (AvgIpc) is 1.99. The smallest absolute Gasteiger partial charge is 0.159 e. The average molecular weight is 251 g/mol. The number of benzene rings is 1. The first-order chi connectivity index (χ1) is 6.00. The fourth-order valence-corrected chi connectivity index (χ4v) is 1.52. The van der Waals surface area contributed by atoms with Crippen molar-refractivity contribution in [1.82, 2.24) is 0 Å². The first-order valence-corrected chi connectivity index (χ1v) is 4.61. The van der Waals surface area contributed by atoms with Gasteiger partial charge in [-0.15, -0.1) is 0 Å². The van der Waals surface area contributed by atoms with Gasteiger partial charge < -0.3 is 5.11 Å². The molecule has 1 nitrogen and oxygen atoms in total. The zero-order chi connectivity index (χ0) is 10.0. The molecule has 0 bridgehead atoms. The van der Waals surface area contributed by atoms with Crippen LogP contribution in [0.3, 0.4) is 0 Å². The largest absolute Gasteiger partial charge is 0.393 e. The Morgan fingerprint density at radius 2 is 1.92 bits per heavy atom. The summed E-state index contributed by atoms with van der Waals surface area (Å²) < 4.78 is 25.8. The third kappa shape index (κ3) is 2.74. The van der Waals surface area contributed by atoms with Crippen molar-refractivity contribution in [3.63, 3.8) is 0 Å². The molecule has 1 aromatic carbocycles. The Labute approximate surface area is 83.5 Å². The van der Waals surface area contributed by atoms with E-state index in [1.54, 1.807) is 6.92 Å². The lowest BCUT2D eigenvalue weighted by Crippen LogP contribution is -2.05. The zero-order valence-electron chi connectivity index (χ0n) is 7.02. The van der Waals surface area contributed by atoms with Gasteiger partial charge in [0, 0.05) is 4.47 Å². The minimum Gasteiger partial charge on any atom is -0.393 e. The molecule has 0 aliphatic rings. The lowest BCUT2D eigenvalue weighted by Gasteiger charge is -2.07. The predicted octanol–water partition coefficient (Wildman–Crippen LogP) is 2.65. The standard InChI is InChI=1S/C9H9BrF2O/c1-5(13)2-6-3-8(11)9(12)4-7(6)10/h3-5,13H,2H2,1H3/t5-/m1/s1. The van der Waals surface area contributed by atoms with Crippen LogP contribution in [0.2, 0.25) is 0 Å². The molecule has 0 radical (unpaired) electrons. The lowest BCUT2D eigenvalue weighted by atomic mass is 10.1. The first-order valence-electron chi connectivity index (χ1n) is 3.82. The van der Waals surface area contributed by atoms with Gasteiger partial charge in [-0.3, -0.25) is 0 Å². The van der Waals surface area contributed by atoms with E-state index in [-0.39, 0.29) is 0 Å². The molecule has 4 heteroatoms. The van der Waals surface area contributed by atoms with Crippen molar-refractivity contribution in [2.75, 3.05) is 0 Å². The molecule has 1 atom stereocenters. The van der Waals surface area contributed by atoms with E-state index >= 15 is 0 Å². The van der Waals surface area contributed by atoms with Crippen LogP contribution >= 0.6 is 15.9 Å². The monoisotopic (exact) mass is 250 g/mol. The molecule has 1 rings (SSSR count). The minimum absolute atomic E-state index is 0.303. The van der Waals surface area contributed by atoms with Crippen LogP contribution < -0.4 is 0 Å². The minimum atomic E-state index is -0.890. The molecular weight excluding hydrogens is 242 g/mol. The first kappa shape index (κ1) is 10.6. The van der Waals surface area contributed by atoms with Crippen LogP contribution in [0.1, 0.15) is 12.5 Å². The summed E-state index contributed by atoms with van der Waals surface area (Å²) in [5.74, 6) is -1.78. The summed E-state index contributed by atoms with van der Waals surface area (Å²) in [6, 6.07) is 2.15. The van der Waals surface area contributed by atoms with Crippen molar-refractivity contribution in [3.8, 4) is 0 Å². The SMILES string of the molecule is C[C@@H](O)Cc1cc(F)c(F)cc1Br. The molecule has 0 saturated heterocycles. The van der Waals surface area contributed by atoms with Crippen molar-refractivity contribution in [2.45, 2.75) is 19.4 Å². The summed E-state index contributed by atoms with van der Waals surface area (Å²) in [7, 11) is 0. The summed E-state index contributed by atoms with van der Waals surface area (Å²) >= 11 is 3.09. The number of rotatable bonds is 2. The highest BCUT2D eigenvalue weighted by atomic mass is 79.9. The topological polar surface area (TPSA) is 20.2 Å². The highest BCUT2D eigenvalue weighted by Gasteiger charge is 2.09. The molecule has 0 amide bonds. The zero-order valence-corrected chi connectivity index (χ0v) is 8.61. The van der Waals surface area contributed by atoms with Crippen molar-refractivity contribution in [2.24, 2.45) is 0 Å². The summed E-state index contributed by atoms with van der Waals surface area (Å²) in [6.45, 7) is 1.59. The van der Waals surface area contributed by atoms with Crippen LogP contribution in [0.15, 0.2) is 16.6 Å². The van der Waals surface area contributed by atoms with Crippen molar-refractivity contribution in [3.05, 3.63) is 33.8 Å². The van der Waals surface area contributed by atoms with E-state index in [4.69, 9.17) is 5.11 Å². The summed E-state index contributed by atoms with van der Waals surface area (Å²) in [5, 5.41) is 9.05. The second-order valence-electron chi connectivity index (χ2n) is 2.91. The lowest BCUT2D eigenvalue weighted by molar-refractivity contribution is 0.195. The van der Waals surface area contributed by atoms with E-state index in [1.165, 1.54) is 0 Å². The molecule has 1 N–H and O–H groups in total. The predicted molar refractivity (Wildman–Crippen MR) is 49.4 cm³/mol. The number of hydrogen-bond donors (Lipinski definition) is 1. The van der Waals surface area contributed by atoms with Crippen LogP contribution in [0, 0.1) is 11.6 Å². The molecule has 0 heterocycles. The van der Waals surface area contributed by atoms with Crippen molar-refractivity contribution < 1.29 is 13.9 Å². The van der Waals surface area contributed by atoms with Crippen molar-refractivity contribution in [1.29, 1.82) is 0 Å². The van der Waals surface area contributed by atoms with E-state index < -0.39 is 17.7 Å². The van der Waals surface area contributed by atoms with E-state index in [2.05, 4.69) is 15.9 Å². The van der Waals surface area contributed by atoms with Gasteiger partial charge in [-0.2, -0.15) is 0 Å². The second-order valence-corrected chi connectivity index (χ2v) is 3.77. The van der Waals surface area contributed by atoms with Gasteiger partial charge in [0.05, 0.1) is 6.10 Å². The fraction of sp³-hybridized carbons (Fsp3) is 0.333. The molecule has 0 unspecified atom stereocenters. The second kappa shape index (κ2) is 4.15. The molecule has 0 spiro atoms. The third-order valence-corrected chi connectivity index (χ3v) is 2.34. The number of aliphatic hydroxyl groups excluding tert-OH is 1. The number of halogens is 3. The molecule has 0 aliphatic carbocycles. The van der Waals surface area contributed by atoms with E-state index in [0.29, 0.717) is 16.5 Å². The van der Waals surface area contributed by atoms with Gasteiger partial charge in [0.2, 0.25) is 0 Å². The molecule has 0 fully saturated rings. The van der Waals surface area contributed by atoms with Gasteiger partial charge >= 0.3 is 0 Å².